The van der Waals surface area contributed by atoms with Gasteiger partial charge in [-0.3, -0.25) is 14.3 Å². The summed E-state index contributed by atoms with van der Waals surface area (Å²) < 4.78 is 7.23. The molecule has 2 aromatic carbocycles. The Bertz CT molecular complexity index is 1130. The van der Waals surface area contributed by atoms with Crippen LogP contribution in [-0.2, 0) is 11.8 Å². The molecule has 1 aliphatic rings. The number of nitrogens with one attached hydrogen (secondary N) is 2. The molecule has 4 rings (SSSR count). The molecule has 2 atom stereocenters. The summed E-state index contributed by atoms with van der Waals surface area (Å²) >= 11 is 0. The molecule has 0 bridgehead atoms. The molecular weight excluding hydrogens is 392 g/mol. The number of hydrogen-bond donors (Lipinski definition) is 2. The van der Waals surface area contributed by atoms with E-state index in [1.807, 2.05) is 63.2 Å². The maximum atomic E-state index is 13.1. The predicted octanol–water partition coefficient (Wildman–Crippen LogP) is 3.32. The molecule has 2 heterocycles. The van der Waals surface area contributed by atoms with Gasteiger partial charge in [0.25, 0.3) is 5.91 Å². The van der Waals surface area contributed by atoms with Crippen molar-refractivity contribution < 1.29 is 14.3 Å². The Hall–Kier alpha value is -3.61. The van der Waals surface area contributed by atoms with E-state index in [1.165, 1.54) is 0 Å². The van der Waals surface area contributed by atoms with Crippen molar-refractivity contribution in [3.63, 3.8) is 0 Å². The lowest BCUT2D eigenvalue weighted by Crippen LogP contribution is -2.50. The van der Waals surface area contributed by atoms with Gasteiger partial charge in [-0.05, 0) is 50.6 Å². The van der Waals surface area contributed by atoms with Gasteiger partial charge < -0.3 is 15.4 Å². The van der Waals surface area contributed by atoms with Crippen LogP contribution in [0.15, 0.2) is 48.5 Å². The van der Waals surface area contributed by atoms with Crippen LogP contribution in [0.5, 0.6) is 5.75 Å². The third-order valence-corrected chi connectivity index (χ3v) is 5.55. The van der Waals surface area contributed by atoms with Crippen molar-refractivity contribution in [3.8, 4) is 5.75 Å². The highest BCUT2D eigenvalue weighted by molar-refractivity contribution is 6.04. The average molecular weight is 418 g/mol. The van der Waals surface area contributed by atoms with Crippen LogP contribution in [0.1, 0.15) is 45.6 Å². The van der Waals surface area contributed by atoms with Gasteiger partial charge >= 0.3 is 0 Å². The second-order valence-electron chi connectivity index (χ2n) is 7.76. The van der Waals surface area contributed by atoms with Crippen molar-refractivity contribution in [2.75, 3.05) is 11.9 Å². The van der Waals surface area contributed by atoms with E-state index in [9.17, 15) is 9.59 Å². The minimum Gasteiger partial charge on any atom is -0.494 e. The molecule has 0 unspecified atom stereocenters. The van der Waals surface area contributed by atoms with Crippen LogP contribution in [0.4, 0.5) is 5.82 Å². The molecule has 2 N–H and O–H groups in total. The van der Waals surface area contributed by atoms with E-state index in [0.717, 1.165) is 28.1 Å². The average Bonchev–Trinajstić information content (AvgIpc) is 3.02. The lowest BCUT2D eigenvalue weighted by molar-refractivity contribution is -0.118. The Balaban J connectivity index is 1.75. The molecule has 1 aromatic heterocycles. The molecule has 1 aliphatic heterocycles. The van der Waals surface area contributed by atoms with E-state index in [1.54, 1.807) is 17.8 Å². The summed E-state index contributed by atoms with van der Waals surface area (Å²) in [6, 6.07) is 14.2. The Morgan fingerprint density at radius 2 is 1.94 bits per heavy atom. The Morgan fingerprint density at radius 3 is 2.61 bits per heavy atom. The lowest BCUT2D eigenvalue weighted by atomic mass is 9.82. The van der Waals surface area contributed by atoms with Gasteiger partial charge in [0.2, 0.25) is 5.91 Å². The maximum absolute atomic E-state index is 13.1. The Kier molecular flexibility index (Phi) is 5.50. The highest BCUT2D eigenvalue weighted by Crippen LogP contribution is 2.39. The van der Waals surface area contributed by atoms with Crippen molar-refractivity contribution in [2.45, 2.75) is 32.7 Å². The Labute approximate surface area is 181 Å². The topological polar surface area (TPSA) is 85.2 Å². The first-order chi connectivity index (χ1) is 14.9. The van der Waals surface area contributed by atoms with E-state index < -0.39 is 6.04 Å². The van der Waals surface area contributed by atoms with Gasteiger partial charge in [0, 0.05) is 24.1 Å². The number of nitrogens with zero attached hydrogens (tertiary/aromatic N) is 2. The molecule has 0 spiro atoms. The van der Waals surface area contributed by atoms with Gasteiger partial charge in [-0.2, -0.15) is 5.10 Å². The van der Waals surface area contributed by atoms with Crippen molar-refractivity contribution in [1.82, 2.24) is 15.1 Å². The summed E-state index contributed by atoms with van der Waals surface area (Å²) in [5.41, 5.74) is 4.12. The zero-order valence-corrected chi connectivity index (χ0v) is 18.1. The number of carbonyl (C=O) groups excluding carboxylic acids is 2. The van der Waals surface area contributed by atoms with Gasteiger partial charge in [-0.1, -0.05) is 29.8 Å². The number of fused-ring (bicyclic) bond motifs is 1. The van der Waals surface area contributed by atoms with Crippen LogP contribution in [0, 0.1) is 13.8 Å². The number of hydrogen-bond acceptors (Lipinski definition) is 4. The van der Waals surface area contributed by atoms with Crippen LogP contribution < -0.4 is 15.4 Å². The number of carbonyl (C=O) groups is 2. The quantitative estimate of drug-likeness (QED) is 0.666. The molecule has 160 valence electrons. The summed E-state index contributed by atoms with van der Waals surface area (Å²) in [4.78, 5) is 26.1. The molecule has 0 aliphatic carbocycles. The summed E-state index contributed by atoms with van der Waals surface area (Å²) in [5.74, 6) is 0.486. The van der Waals surface area contributed by atoms with Crippen LogP contribution in [0.3, 0.4) is 0 Å². The van der Waals surface area contributed by atoms with Crippen LogP contribution in [-0.4, -0.2) is 34.2 Å². The van der Waals surface area contributed by atoms with Crippen LogP contribution in [0.2, 0.25) is 0 Å². The summed E-state index contributed by atoms with van der Waals surface area (Å²) in [6.45, 7) is 6.35. The van der Waals surface area contributed by atoms with E-state index in [4.69, 9.17) is 4.74 Å². The normalized spacial score (nSPS) is 17.6. The van der Waals surface area contributed by atoms with E-state index in [2.05, 4.69) is 15.7 Å². The summed E-state index contributed by atoms with van der Waals surface area (Å²) in [5, 5.41) is 10.4. The smallest absolute Gasteiger partial charge is 0.251 e. The van der Waals surface area contributed by atoms with Gasteiger partial charge in [-0.15, -0.1) is 0 Å². The minimum atomic E-state index is -0.777. The molecule has 7 nitrogen and oxygen atoms in total. The molecule has 0 radical (unpaired) electrons. The van der Waals surface area contributed by atoms with E-state index in [0.29, 0.717) is 18.0 Å². The summed E-state index contributed by atoms with van der Waals surface area (Å²) in [6.07, 6.45) is 0. The summed E-state index contributed by atoms with van der Waals surface area (Å²) in [7, 11) is 1.80. The van der Waals surface area contributed by atoms with Gasteiger partial charge in [0.15, 0.2) is 0 Å². The number of rotatable bonds is 5. The number of benzene rings is 2. The van der Waals surface area contributed by atoms with Crippen molar-refractivity contribution >= 4 is 17.6 Å². The fourth-order valence-electron chi connectivity index (χ4n) is 4.16. The molecule has 7 heteroatoms. The standard InChI is InChI=1S/C24H26N4O3/c1-5-31-18-11-9-16(10-12-18)20-19-15(3)27-28(4)22(19)26-24(30)21(20)25-23(29)17-8-6-7-14(2)13-17/h6-13,20-21H,5H2,1-4H3,(H,25,29)(H,26,30)/t20-,21+/m0/s1. The predicted molar refractivity (Wildman–Crippen MR) is 118 cm³/mol. The fraction of sp³-hybridized carbons (Fsp3) is 0.292. The number of amides is 2. The van der Waals surface area contributed by atoms with Crippen molar-refractivity contribution in [1.29, 1.82) is 0 Å². The number of aryl methyl sites for hydroxylation is 3. The monoisotopic (exact) mass is 418 g/mol. The van der Waals surface area contributed by atoms with E-state index in [-0.39, 0.29) is 17.7 Å². The highest BCUT2D eigenvalue weighted by atomic mass is 16.5. The van der Waals surface area contributed by atoms with Crippen LogP contribution in [0.25, 0.3) is 0 Å². The fourth-order valence-corrected chi connectivity index (χ4v) is 4.16. The highest BCUT2D eigenvalue weighted by Gasteiger charge is 2.41. The van der Waals surface area contributed by atoms with Crippen molar-refractivity contribution in [2.24, 2.45) is 7.05 Å². The van der Waals surface area contributed by atoms with E-state index >= 15 is 0 Å². The molecule has 0 saturated carbocycles. The number of anilines is 1. The van der Waals surface area contributed by atoms with Crippen molar-refractivity contribution in [3.05, 3.63) is 76.5 Å². The first-order valence-corrected chi connectivity index (χ1v) is 10.3. The van der Waals surface area contributed by atoms with Gasteiger partial charge in [-0.25, -0.2) is 0 Å². The second kappa shape index (κ2) is 8.26. The molecule has 0 fully saturated rings. The molecule has 0 saturated heterocycles. The lowest BCUT2D eigenvalue weighted by Gasteiger charge is -2.32. The minimum absolute atomic E-state index is 0.268. The zero-order valence-electron chi connectivity index (χ0n) is 18.1. The zero-order chi connectivity index (χ0) is 22.1. The first-order valence-electron chi connectivity index (χ1n) is 10.3. The largest absolute Gasteiger partial charge is 0.494 e. The molecule has 3 aromatic rings. The van der Waals surface area contributed by atoms with Crippen LogP contribution >= 0.6 is 0 Å². The number of aromatic nitrogens is 2. The third kappa shape index (κ3) is 3.91. The first kappa shape index (κ1) is 20.7. The van der Waals surface area contributed by atoms with Gasteiger partial charge in [0.1, 0.15) is 17.6 Å². The van der Waals surface area contributed by atoms with Gasteiger partial charge in [0.05, 0.1) is 12.3 Å². The SMILES string of the molecule is CCOc1ccc([C@H]2c3c(C)nn(C)c3NC(=O)[C@@H]2NC(=O)c2cccc(C)c2)cc1. The number of ether oxygens (including phenoxy) is 1. The molecule has 31 heavy (non-hydrogen) atoms. The Morgan fingerprint density at radius 1 is 1.19 bits per heavy atom. The maximum Gasteiger partial charge on any atom is 0.251 e. The molecular formula is C24H26N4O3. The molecule has 2 amide bonds. The second-order valence-corrected chi connectivity index (χ2v) is 7.76. The third-order valence-electron chi connectivity index (χ3n) is 5.55.